The number of benzene rings is 6. The molecule has 1 aliphatic heterocycles. The van der Waals surface area contributed by atoms with Crippen LogP contribution in [0.15, 0.2) is 192 Å². The van der Waals surface area contributed by atoms with Gasteiger partial charge in [0, 0.05) is 46.4 Å². The minimum atomic E-state index is -1.15. The number of imidazole rings is 1. The lowest BCUT2D eigenvalue weighted by Crippen LogP contribution is -2.52. The fourth-order valence-corrected chi connectivity index (χ4v) is 14.0. The standard InChI is InChI=1S/C66H60N4O8S2/c1-74-50-35-46(36-51(38-50)75-2)59-37-45(60(78-59)39-61-62(71)70(65(79)80-61)58-34-43-28-29-44(58)33-43)17-16-32-76-63(72)57(67-64(73)77-41-56-54-26-14-12-24-52(54)53-25-13-15-27-55(53)56)40-68-30-31-69(42-68)66(47-18-6-3-7-19-47,48-20-8-4-9-21-48)49-22-10-5-11-23-49/h3-15,18-27,30-31,35-39,42-44,56-58H,16-17,28-29,32-34,40-41H2,1-2H3/p+1/t43?,44?,57-,58?/m0/s1. The lowest BCUT2D eigenvalue weighted by atomic mass is 9.77. The number of aryl methyl sites for hydroxylation is 1. The number of alkyl carbamates (subject to hydrolysis) is 1. The Morgan fingerprint density at radius 3 is 1.99 bits per heavy atom. The van der Waals surface area contributed by atoms with Crippen molar-refractivity contribution in [3.63, 3.8) is 0 Å². The van der Waals surface area contributed by atoms with Crippen molar-refractivity contribution in [2.45, 2.75) is 68.6 Å². The average molecular weight is 1100 g/mol. The number of thioether (sulfide) groups is 1. The van der Waals surface area contributed by atoms with Gasteiger partial charge >= 0.3 is 12.1 Å². The van der Waals surface area contributed by atoms with Crippen molar-refractivity contribution in [1.29, 1.82) is 0 Å². The highest BCUT2D eigenvalue weighted by Crippen LogP contribution is 2.50. The molecule has 14 heteroatoms. The fraction of sp³-hybridized carbons (Fsp3) is 0.258. The maximum absolute atomic E-state index is 14.6. The Morgan fingerprint density at radius 1 is 0.787 bits per heavy atom. The third kappa shape index (κ3) is 10.2. The Kier molecular flexibility index (Phi) is 15.0. The maximum atomic E-state index is 14.6. The molecule has 404 valence electrons. The summed E-state index contributed by atoms with van der Waals surface area (Å²) in [6, 6.07) is 53.8. The van der Waals surface area contributed by atoms with Gasteiger partial charge < -0.3 is 28.7 Å². The number of hydrogen-bond acceptors (Lipinski definition) is 10. The van der Waals surface area contributed by atoms with E-state index in [1.807, 2.05) is 125 Å². The molecule has 3 heterocycles. The number of nitrogens with zero attached hydrogens (tertiary/aromatic N) is 3. The third-order valence-corrected chi connectivity index (χ3v) is 17.7. The number of ether oxygens (including phenoxy) is 4. The largest absolute Gasteiger partial charge is 0.497 e. The van der Waals surface area contributed by atoms with Crippen LogP contribution >= 0.6 is 24.0 Å². The van der Waals surface area contributed by atoms with Gasteiger partial charge in [-0.15, -0.1) is 0 Å². The summed E-state index contributed by atoms with van der Waals surface area (Å²) in [5.41, 5.74) is 8.22. The lowest BCUT2D eigenvalue weighted by Gasteiger charge is -2.32. The average Bonchev–Trinajstić information content (AvgIpc) is 4.42. The van der Waals surface area contributed by atoms with Crippen molar-refractivity contribution in [2.75, 3.05) is 27.4 Å². The number of carbonyl (C=O) groups is 3. The first-order chi connectivity index (χ1) is 39.2. The second-order valence-corrected chi connectivity index (χ2v) is 22.7. The summed E-state index contributed by atoms with van der Waals surface area (Å²) in [5.74, 6) is 2.48. The van der Waals surface area contributed by atoms with E-state index in [1.54, 1.807) is 26.4 Å². The highest BCUT2D eigenvalue weighted by Gasteiger charge is 2.48. The molecule has 0 spiro atoms. The van der Waals surface area contributed by atoms with Crippen molar-refractivity contribution in [1.82, 2.24) is 14.8 Å². The molecule has 80 heavy (non-hydrogen) atoms. The van der Waals surface area contributed by atoms with Gasteiger partial charge in [-0.25, -0.2) is 18.7 Å². The highest BCUT2D eigenvalue weighted by atomic mass is 32.2. The number of methoxy groups -OCH3 is 2. The fourth-order valence-electron chi connectivity index (χ4n) is 12.7. The van der Waals surface area contributed by atoms with Gasteiger partial charge in [-0.2, -0.15) is 0 Å². The second kappa shape index (κ2) is 22.9. The molecule has 4 aliphatic rings. The molecule has 3 unspecified atom stereocenters. The first kappa shape index (κ1) is 52.5. The Labute approximate surface area is 475 Å². The predicted molar refractivity (Wildman–Crippen MR) is 312 cm³/mol. The van der Waals surface area contributed by atoms with Crippen LogP contribution in [0, 0.1) is 11.8 Å². The van der Waals surface area contributed by atoms with Crippen LogP contribution in [0.5, 0.6) is 11.5 Å². The zero-order chi connectivity index (χ0) is 54.7. The molecular formula is C66H61N4O8S2+. The van der Waals surface area contributed by atoms with Crippen LogP contribution in [0.4, 0.5) is 4.79 Å². The Morgan fingerprint density at radius 2 is 1.40 bits per heavy atom. The van der Waals surface area contributed by atoms with Crippen molar-refractivity contribution < 1.29 is 42.3 Å². The molecule has 1 saturated heterocycles. The zero-order valence-electron chi connectivity index (χ0n) is 44.6. The molecular weight excluding hydrogens is 1040 g/mol. The normalized spacial score (nSPS) is 18.3. The number of carbonyl (C=O) groups excluding carboxylic acids is 3. The van der Waals surface area contributed by atoms with Crippen LogP contribution in [0.3, 0.4) is 0 Å². The Bertz CT molecular complexity index is 3450. The lowest BCUT2D eigenvalue weighted by molar-refractivity contribution is -0.697. The maximum Gasteiger partial charge on any atom is 0.408 e. The molecule has 3 fully saturated rings. The molecule has 12 nitrogen and oxygen atoms in total. The Balaban J connectivity index is 0.813. The number of rotatable bonds is 19. The summed E-state index contributed by atoms with van der Waals surface area (Å²) in [4.78, 5) is 45.2. The molecule has 6 aromatic carbocycles. The topological polar surface area (TPSA) is 125 Å². The molecule has 2 aromatic heterocycles. The van der Waals surface area contributed by atoms with Crippen LogP contribution in [0.1, 0.15) is 77.2 Å². The summed E-state index contributed by atoms with van der Waals surface area (Å²) in [5, 5.41) is 2.91. The van der Waals surface area contributed by atoms with Crippen LogP contribution in [0.2, 0.25) is 0 Å². The predicted octanol–water partition coefficient (Wildman–Crippen LogP) is 12.4. The zero-order valence-corrected chi connectivity index (χ0v) is 46.2. The Hall–Kier alpha value is -8.20. The van der Waals surface area contributed by atoms with Gasteiger partial charge in [0.1, 0.15) is 52.9 Å². The van der Waals surface area contributed by atoms with E-state index in [0.717, 1.165) is 69.3 Å². The summed E-state index contributed by atoms with van der Waals surface area (Å²) < 4.78 is 34.6. The smallest absolute Gasteiger partial charge is 0.408 e. The van der Waals surface area contributed by atoms with E-state index in [4.69, 9.17) is 35.6 Å². The third-order valence-electron chi connectivity index (χ3n) is 16.4. The molecule has 1 N–H and O–H groups in total. The van der Waals surface area contributed by atoms with E-state index in [1.165, 1.54) is 18.2 Å². The number of amides is 2. The van der Waals surface area contributed by atoms with Gasteiger partial charge in [0.15, 0.2) is 11.6 Å². The first-order valence-corrected chi connectivity index (χ1v) is 28.6. The van der Waals surface area contributed by atoms with Gasteiger partial charge in [-0.05, 0) is 90.0 Å². The van der Waals surface area contributed by atoms with Crippen LogP contribution in [0.25, 0.3) is 28.5 Å². The molecule has 2 saturated carbocycles. The van der Waals surface area contributed by atoms with Crippen LogP contribution in [-0.4, -0.2) is 71.3 Å². The number of thiocarbonyl (C=S) groups is 1. The number of esters is 1. The van der Waals surface area contributed by atoms with Crippen molar-refractivity contribution in [2.24, 2.45) is 11.8 Å². The van der Waals surface area contributed by atoms with Gasteiger partial charge in [-0.3, -0.25) is 9.69 Å². The van der Waals surface area contributed by atoms with E-state index in [0.29, 0.717) is 56.9 Å². The molecule has 3 aliphatic carbocycles. The first-order valence-electron chi connectivity index (χ1n) is 27.3. The van der Waals surface area contributed by atoms with E-state index >= 15 is 0 Å². The number of furan rings is 1. The van der Waals surface area contributed by atoms with Crippen molar-refractivity contribution >= 4 is 52.3 Å². The summed E-state index contributed by atoms with van der Waals surface area (Å²) in [7, 11) is 3.19. The number of aromatic nitrogens is 2. The van der Waals surface area contributed by atoms with Crippen LogP contribution < -0.4 is 19.4 Å². The highest BCUT2D eigenvalue weighted by molar-refractivity contribution is 8.26. The molecule has 2 amide bonds. The minimum absolute atomic E-state index is 0.0196. The van der Waals surface area contributed by atoms with Gasteiger partial charge in [0.25, 0.3) is 5.91 Å². The quantitative estimate of drug-likeness (QED) is 0.0209. The summed E-state index contributed by atoms with van der Waals surface area (Å²) in [6.07, 6.45) is 12.2. The number of nitrogens with one attached hydrogen (secondary N) is 1. The molecule has 2 bridgehead atoms. The molecule has 12 rings (SSSR count). The van der Waals surface area contributed by atoms with E-state index in [9.17, 15) is 14.4 Å². The monoisotopic (exact) mass is 1100 g/mol. The van der Waals surface area contributed by atoms with Gasteiger partial charge in [0.2, 0.25) is 6.33 Å². The minimum Gasteiger partial charge on any atom is -0.497 e. The number of fused-ring (bicyclic) bond motifs is 5. The molecule has 4 atom stereocenters. The molecule has 0 radical (unpaired) electrons. The molecule has 8 aromatic rings. The van der Waals surface area contributed by atoms with Crippen molar-refractivity contribution in [3.05, 3.63) is 227 Å². The van der Waals surface area contributed by atoms with Crippen molar-refractivity contribution in [3.8, 4) is 33.9 Å². The van der Waals surface area contributed by atoms with Crippen LogP contribution in [-0.2, 0) is 37.6 Å². The summed E-state index contributed by atoms with van der Waals surface area (Å²) in [6.45, 7) is 0.123. The SMILES string of the molecule is COc1cc(OC)cc(-c2cc(CCCOC(=O)[C@H](C[n+]3ccn(C(c4ccccc4)(c4ccccc4)c4ccccc4)c3)NC(=O)OCC3c4ccccc4-c4ccccc43)c(C=C3SC(=S)N(C4CC5CCC4C5)C3=O)o2)c1. The van der Waals surface area contributed by atoms with Gasteiger partial charge in [0.05, 0.1) is 25.7 Å². The van der Waals surface area contributed by atoms with Gasteiger partial charge in [-0.1, -0.05) is 170 Å². The van der Waals surface area contributed by atoms with E-state index in [-0.39, 0.29) is 37.6 Å². The summed E-state index contributed by atoms with van der Waals surface area (Å²) >= 11 is 7.17. The van der Waals surface area contributed by atoms with E-state index < -0.39 is 23.6 Å². The second-order valence-electron chi connectivity index (χ2n) is 21.0. The van der Waals surface area contributed by atoms with E-state index in [2.05, 4.69) is 70.5 Å². The number of hydrogen-bond donors (Lipinski definition) is 1.